The Bertz CT molecular complexity index is 1270. The number of nitrogens with zero attached hydrogens (tertiary/aromatic N) is 3. The van der Waals surface area contributed by atoms with E-state index in [9.17, 15) is 13.2 Å². The molecule has 7 nitrogen and oxygen atoms in total. The number of carbonyl (C=O) groups excluding carboxylic acids is 1. The first-order chi connectivity index (χ1) is 15.7. The van der Waals surface area contributed by atoms with Gasteiger partial charge in [-0.1, -0.05) is 42.5 Å². The topological polar surface area (TPSA) is 82.1 Å². The first kappa shape index (κ1) is 22.5. The first-order valence-corrected chi connectivity index (χ1v) is 12.1. The molecule has 0 spiro atoms. The molecule has 3 aromatic carbocycles. The fourth-order valence-corrected chi connectivity index (χ4v) is 4.85. The number of nitrogens with one attached hydrogen (secondary N) is 1. The number of hydrogen-bond donors (Lipinski definition) is 1. The van der Waals surface area contributed by atoms with Crippen molar-refractivity contribution in [3.05, 3.63) is 90.0 Å². The summed E-state index contributed by atoms with van der Waals surface area (Å²) in [5.41, 5.74) is 4.18. The van der Waals surface area contributed by atoms with Gasteiger partial charge in [0.25, 0.3) is 10.0 Å². The summed E-state index contributed by atoms with van der Waals surface area (Å²) in [5, 5.41) is 6.10. The Morgan fingerprint density at radius 2 is 1.61 bits per heavy atom. The van der Waals surface area contributed by atoms with E-state index in [0.29, 0.717) is 12.1 Å². The summed E-state index contributed by atoms with van der Waals surface area (Å²) >= 11 is 0. The number of anilines is 2. The highest BCUT2D eigenvalue weighted by Crippen LogP contribution is 2.33. The Kier molecular flexibility index (Phi) is 6.20. The SMILES string of the molecule is CC(=O)N1N=C(c2ccc(NS(=O)(=O)c3ccccc3)cc2)CC1c1ccc(N(C)C)cc1. The van der Waals surface area contributed by atoms with Gasteiger partial charge in [0.2, 0.25) is 5.91 Å². The van der Waals surface area contributed by atoms with E-state index in [2.05, 4.69) is 9.82 Å². The van der Waals surface area contributed by atoms with Gasteiger partial charge in [0.1, 0.15) is 0 Å². The molecule has 0 saturated heterocycles. The lowest BCUT2D eigenvalue weighted by Gasteiger charge is -2.21. The zero-order chi connectivity index (χ0) is 23.6. The molecule has 1 atom stereocenters. The van der Waals surface area contributed by atoms with E-state index in [1.54, 1.807) is 42.5 Å². The van der Waals surface area contributed by atoms with Crippen LogP contribution in [0.25, 0.3) is 0 Å². The van der Waals surface area contributed by atoms with E-state index >= 15 is 0 Å². The number of sulfonamides is 1. The van der Waals surface area contributed by atoms with Crippen LogP contribution in [0.2, 0.25) is 0 Å². The molecule has 1 unspecified atom stereocenters. The second-order valence-electron chi connectivity index (χ2n) is 8.11. The molecular formula is C25H26N4O3S. The van der Waals surface area contributed by atoms with Crippen molar-refractivity contribution in [1.82, 2.24) is 5.01 Å². The van der Waals surface area contributed by atoms with Crippen molar-refractivity contribution in [2.24, 2.45) is 5.10 Å². The lowest BCUT2D eigenvalue weighted by molar-refractivity contribution is -0.130. The minimum absolute atomic E-state index is 0.126. The van der Waals surface area contributed by atoms with Crippen molar-refractivity contribution in [2.75, 3.05) is 23.7 Å². The highest BCUT2D eigenvalue weighted by molar-refractivity contribution is 7.92. The van der Waals surface area contributed by atoms with Crippen molar-refractivity contribution in [3.63, 3.8) is 0 Å². The Labute approximate surface area is 194 Å². The third-order valence-electron chi connectivity index (χ3n) is 5.55. The summed E-state index contributed by atoms with van der Waals surface area (Å²) in [5.74, 6) is -0.126. The molecule has 1 amide bonds. The largest absolute Gasteiger partial charge is 0.378 e. The van der Waals surface area contributed by atoms with Gasteiger partial charge < -0.3 is 4.90 Å². The van der Waals surface area contributed by atoms with Gasteiger partial charge in [-0.2, -0.15) is 5.10 Å². The quantitative estimate of drug-likeness (QED) is 0.594. The summed E-state index contributed by atoms with van der Waals surface area (Å²) in [6.45, 7) is 1.51. The maximum absolute atomic E-state index is 12.5. The van der Waals surface area contributed by atoms with Gasteiger partial charge >= 0.3 is 0 Å². The lowest BCUT2D eigenvalue weighted by Crippen LogP contribution is -2.24. The van der Waals surface area contributed by atoms with E-state index in [-0.39, 0.29) is 16.8 Å². The molecule has 1 aliphatic heterocycles. The number of carbonyl (C=O) groups is 1. The predicted octanol–water partition coefficient (Wildman–Crippen LogP) is 4.25. The van der Waals surface area contributed by atoms with E-state index < -0.39 is 10.0 Å². The fraction of sp³-hybridized carbons (Fsp3) is 0.200. The summed E-state index contributed by atoms with van der Waals surface area (Å²) in [7, 11) is 0.310. The molecule has 3 aromatic rings. The molecule has 1 heterocycles. The van der Waals surface area contributed by atoms with E-state index in [1.807, 2.05) is 55.4 Å². The Morgan fingerprint density at radius 3 is 2.18 bits per heavy atom. The molecule has 8 heteroatoms. The van der Waals surface area contributed by atoms with Crippen molar-refractivity contribution in [1.29, 1.82) is 0 Å². The van der Waals surface area contributed by atoms with Crippen LogP contribution in [0.3, 0.4) is 0 Å². The minimum atomic E-state index is -3.66. The Hall–Kier alpha value is -3.65. The van der Waals surface area contributed by atoms with Crippen LogP contribution in [0.1, 0.15) is 30.5 Å². The van der Waals surface area contributed by atoms with E-state index in [1.165, 1.54) is 11.9 Å². The molecule has 4 rings (SSSR count). The number of rotatable bonds is 6. The van der Waals surface area contributed by atoms with Crippen LogP contribution in [-0.2, 0) is 14.8 Å². The maximum atomic E-state index is 12.5. The van der Waals surface area contributed by atoms with Crippen LogP contribution in [-0.4, -0.2) is 39.1 Å². The summed E-state index contributed by atoms with van der Waals surface area (Å²) < 4.78 is 27.7. The van der Waals surface area contributed by atoms with Crippen LogP contribution >= 0.6 is 0 Å². The van der Waals surface area contributed by atoms with Crippen LogP contribution in [0, 0.1) is 0 Å². The van der Waals surface area contributed by atoms with Crippen molar-refractivity contribution >= 4 is 33.0 Å². The van der Waals surface area contributed by atoms with Gasteiger partial charge in [-0.3, -0.25) is 9.52 Å². The van der Waals surface area contributed by atoms with Crippen LogP contribution in [0.5, 0.6) is 0 Å². The zero-order valence-electron chi connectivity index (χ0n) is 18.8. The molecule has 0 saturated carbocycles. The number of amides is 1. The monoisotopic (exact) mass is 462 g/mol. The van der Waals surface area contributed by atoms with Gasteiger partial charge in [-0.25, -0.2) is 13.4 Å². The van der Waals surface area contributed by atoms with Gasteiger partial charge in [0.05, 0.1) is 16.6 Å². The first-order valence-electron chi connectivity index (χ1n) is 10.6. The lowest BCUT2D eigenvalue weighted by atomic mass is 9.98. The van der Waals surface area contributed by atoms with Crippen molar-refractivity contribution in [3.8, 4) is 0 Å². The normalized spacial score (nSPS) is 15.8. The van der Waals surface area contributed by atoms with Crippen molar-refractivity contribution in [2.45, 2.75) is 24.3 Å². The molecule has 1 aliphatic rings. The molecule has 0 radical (unpaired) electrons. The molecule has 0 fully saturated rings. The number of hydrazone groups is 1. The van der Waals surface area contributed by atoms with Gasteiger partial charge in [0, 0.05) is 38.8 Å². The molecule has 0 bridgehead atoms. The Morgan fingerprint density at radius 1 is 0.970 bits per heavy atom. The number of hydrogen-bond acceptors (Lipinski definition) is 5. The zero-order valence-corrected chi connectivity index (χ0v) is 19.6. The summed E-state index contributed by atoms with van der Waals surface area (Å²) in [4.78, 5) is 14.5. The molecule has 1 N–H and O–H groups in total. The predicted molar refractivity (Wildman–Crippen MR) is 131 cm³/mol. The molecule has 33 heavy (non-hydrogen) atoms. The minimum Gasteiger partial charge on any atom is -0.378 e. The molecule has 0 aromatic heterocycles. The van der Waals surface area contributed by atoms with E-state index in [4.69, 9.17) is 0 Å². The molecule has 170 valence electrons. The standard InChI is InChI=1S/C25H26N4O3S/c1-18(30)29-25(20-11-15-22(16-12-20)28(2)3)17-24(26-29)19-9-13-21(14-10-19)27-33(31,32)23-7-5-4-6-8-23/h4-16,25,27H,17H2,1-3H3. The van der Waals surface area contributed by atoms with Crippen LogP contribution in [0.4, 0.5) is 11.4 Å². The maximum Gasteiger partial charge on any atom is 0.261 e. The average molecular weight is 463 g/mol. The smallest absolute Gasteiger partial charge is 0.261 e. The molecule has 0 aliphatic carbocycles. The highest BCUT2D eigenvalue weighted by atomic mass is 32.2. The Balaban J connectivity index is 1.53. The second-order valence-corrected chi connectivity index (χ2v) is 9.79. The van der Waals surface area contributed by atoms with Crippen molar-refractivity contribution < 1.29 is 13.2 Å². The van der Waals surface area contributed by atoms with Crippen LogP contribution in [0.15, 0.2) is 88.9 Å². The summed E-state index contributed by atoms with van der Waals surface area (Å²) in [6.07, 6.45) is 0.579. The van der Waals surface area contributed by atoms with Crippen LogP contribution < -0.4 is 9.62 Å². The van der Waals surface area contributed by atoms with E-state index in [0.717, 1.165) is 22.5 Å². The highest BCUT2D eigenvalue weighted by Gasteiger charge is 2.31. The third kappa shape index (κ3) is 4.90. The average Bonchev–Trinajstić information content (AvgIpc) is 3.26. The van der Waals surface area contributed by atoms with Gasteiger partial charge in [0.15, 0.2) is 0 Å². The summed E-state index contributed by atoms with van der Waals surface area (Å²) in [6, 6.07) is 23.2. The second kappa shape index (κ2) is 9.07. The number of benzene rings is 3. The molecular weight excluding hydrogens is 436 g/mol. The third-order valence-corrected chi connectivity index (χ3v) is 6.95. The van der Waals surface area contributed by atoms with Gasteiger partial charge in [-0.15, -0.1) is 0 Å². The van der Waals surface area contributed by atoms with Gasteiger partial charge in [-0.05, 0) is 47.5 Å². The fourth-order valence-electron chi connectivity index (χ4n) is 3.77.